The van der Waals surface area contributed by atoms with E-state index in [0.717, 1.165) is 23.7 Å². The lowest BCUT2D eigenvalue weighted by Crippen LogP contribution is -2.46. The molecule has 2 N–H and O–H groups in total. The van der Waals surface area contributed by atoms with Crippen LogP contribution in [0, 0.1) is 5.41 Å². The standard InChI is InChI=1S/C14H21BrN2/c1-13(2)3-5-14(16,6-4-13)8-11-7-12(15)10-17-9-11/h7,9-10H,3-6,8,16H2,1-2H3. The first kappa shape index (κ1) is 13.0. The second kappa shape index (κ2) is 4.69. The molecule has 94 valence electrons. The molecule has 1 aromatic rings. The third-order valence-corrected chi connectivity index (χ3v) is 4.35. The summed E-state index contributed by atoms with van der Waals surface area (Å²) in [6.45, 7) is 4.68. The number of hydrogen-bond donors (Lipinski definition) is 1. The Morgan fingerprint density at radius 1 is 1.24 bits per heavy atom. The van der Waals surface area contributed by atoms with E-state index in [1.807, 2.05) is 12.4 Å². The molecule has 0 radical (unpaired) electrons. The Kier molecular flexibility index (Phi) is 3.60. The van der Waals surface area contributed by atoms with Crippen LogP contribution in [-0.4, -0.2) is 10.5 Å². The summed E-state index contributed by atoms with van der Waals surface area (Å²) in [7, 11) is 0. The van der Waals surface area contributed by atoms with Crippen molar-refractivity contribution in [1.82, 2.24) is 4.98 Å². The minimum atomic E-state index is -0.0298. The molecule has 0 aliphatic heterocycles. The molecular weight excluding hydrogens is 276 g/mol. The van der Waals surface area contributed by atoms with Gasteiger partial charge in [-0.25, -0.2) is 0 Å². The van der Waals surface area contributed by atoms with Gasteiger partial charge in [0.05, 0.1) is 0 Å². The Morgan fingerprint density at radius 3 is 2.47 bits per heavy atom. The maximum atomic E-state index is 6.52. The predicted molar refractivity (Wildman–Crippen MR) is 74.8 cm³/mol. The molecule has 1 saturated carbocycles. The van der Waals surface area contributed by atoms with Gasteiger partial charge in [0.2, 0.25) is 0 Å². The first-order chi connectivity index (χ1) is 7.89. The Hall–Kier alpha value is -0.410. The van der Waals surface area contributed by atoms with Crippen LogP contribution in [0.15, 0.2) is 22.9 Å². The summed E-state index contributed by atoms with van der Waals surface area (Å²) in [4.78, 5) is 4.21. The fourth-order valence-electron chi connectivity index (χ4n) is 2.56. The molecule has 0 saturated heterocycles. The van der Waals surface area contributed by atoms with E-state index in [9.17, 15) is 0 Å². The van der Waals surface area contributed by atoms with E-state index in [4.69, 9.17) is 5.73 Å². The van der Waals surface area contributed by atoms with Gasteiger partial charge in [-0.2, -0.15) is 0 Å². The first-order valence-corrected chi connectivity index (χ1v) is 7.06. The molecule has 2 rings (SSSR count). The lowest BCUT2D eigenvalue weighted by Gasteiger charge is -2.41. The Balaban J connectivity index is 2.04. The first-order valence-electron chi connectivity index (χ1n) is 6.27. The second-order valence-corrected chi connectivity index (χ2v) is 7.13. The van der Waals surface area contributed by atoms with Crippen LogP contribution < -0.4 is 5.73 Å². The summed E-state index contributed by atoms with van der Waals surface area (Å²) in [6.07, 6.45) is 9.38. The number of halogens is 1. The number of aromatic nitrogens is 1. The highest BCUT2D eigenvalue weighted by atomic mass is 79.9. The maximum absolute atomic E-state index is 6.52. The van der Waals surface area contributed by atoms with E-state index in [1.165, 1.54) is 18.4 Å². The van der Waals surface area contributed by atoms with E-state index < -0.39 is 0 Å². The van der Waals surface area contributed by atoms with Gasteiger partial charge in [-0.1, -0.05) is 13.8 Å². The van der Waals surface area contributed by atoms with Crippen LogP contribution in [0.2, 0.25) is 0 Å². The summed E-state index contributed by atoms with van der Waals surface area (Å²) >= 11 is 3.46. The molecule has 3 heteroatoms. The summed E-state index contributed by atoms with van der Waals surface area (Å²) < 4.78 is 1.04. The predicted octanol–water partition coefficient (Wildman–Crippen LogP) is 3.68. The Labute approximate surface area is 112 Å². The molecule has 1 heterocycles. The normalized spacial score (nSPS) is 22.4. The van der Waals surface area contributed by atoms with Crippen LogP contribution in [0.4, 0.5) is 0 Å². The van der Waals surface area contributed by atoms with Gasteiger partial charge in [-0.05, 0) is 65.1 Å². The van der Waals surface area contributed by atoms with E-state index in [1.54, 1.807) is 0 Å². The topological polar surface area (TPSA) is 38.9 Å². The largest absolute Gasteiger partial charge is 0.325 e. The molecule has 17 heavy (non-hydrogen) atoms. The molecule has 0 aromatic carbocycles. The van der Waals surface area contributed by atoms with Gasteiger partial charge in [0.15, 0.2) is 0 Å². The lowest BCUT2D eigenvalue weighted by atomic mass is 9.68. The van der Waals surface area contributed by atoms with Crippen LogP contribution in [0.1, 0.15) is 45.1 Å². The number of pyridine rings is 1. The molecule has 1 aliphatic carbocycles. The molecule has 1 fully saturated rings. The second-order valence-electron chi connectivity index (χ2n) is 6.21. The van der Waals surface area contributed by atoms with Crippen molar-refractivity contribution in [3.8, 4) is 0 Å². The van der Waals surface area contributed by atoms with Gasteiger partial charge in [0.25, 0.3) is 0 Å². The van der Waals surface area contributed by atoms with Gasteiger partial charge < -0.3 is 5.73 Å². The average Bonchev–Trinajstić information content (AvgIpc) is 2.24. The number of hydrogen-bond acceptors (Lipinski definition) is 2. The molecule has 0 amide bonds. The van der Waals surface area contributed by atoms with Crippen LogP contribution in [-0.2, 0) is 6.42 Å². The van der Waals surface area contributed by atoms with Gasteiger partial charge >= 0.3 is 0 Å². The molecule has 1 aromatic heterocycles. The van der Waals surface area contributed by atoms with Crippen molar-refractivity contribution < 1.29 is 0 Å². The third-order valence-electron chi connectivity index (χ3n) is 3.92. The zero-order chi connectivity index (χ0) is 12.5. The van der Waals surface area contributed by atoms with Crippen molar-refractivity contribution in [1.29, 1.82) is 0 Å². The van der Waals surface area contributed by atoms with Crippen LogP contribution in [0.25, 0.3) is 0 Å². The Morgan fingerprint density at radius 2 is 1.88 bits per heavy atom. The van der Waals surface area contributed by atoms with Gasteiger partial charge in [-0.15, -0.1) is 0 Å². The van der Waals surface area contributed by atoms with Crippen molar-refractivity contribution >= 4 is 15.9 Å². The highest BCUT2D eigenvalue weighted by Crippen LogP contribution is 2.40. The van der Waals surface area contributed by atoms with Gasteiger partial charge in [0, 0.05) is 22.4 Å². The number of nitrogens with two attached hydrogens (primary N) is 1. The van der Waals surface area contributed by atoms with Crippen molar-refractivity contribution in [3.63, 3.8) is 0 Å². The quantitative estimate of drug-likeness (QED) is 0.904. The van der Waals surface area contributed by atoms with Crippen molar-refractivity contribution in [2.24, 2.45) is 11.1 Å². The smallest absolute Gasteiger partial charge is 0.0410 e. The van der Waals surface area contributed by atoms with E-state index in [2.05, 4.69) is 40.8 Å². The minimum absolute atomic E-state index is 0.0298. The summed E-state index contributed by atoms with van der Waals surface area (Å²) in [5.74, 6) is 0. The van der Waals surface area contributed by atoms with Crippen molar-refractivity contribution in [3.05, 3.63) is 28.5 Å². The van der Waals surface area contributed by atoms with E-state index >= 15 is 0 Å². The summed E-state index contributed by atoms with van der Waals surface area (Å²) in [5.41, 5.74) is 8.20. The summed E-state index contributed by atoms with van der Waals surface area (Å²) in [5, 5.41) is 0. The molecule has 0 spiro atoms. The lowest BCUT2D eigenvalue weighted by molar-refractivity contribution is 0.164. The van der Waals surface area contributed by atoms with Gasteiger partial charge in [0.1, 0.15) is 0 Å². The highest BCUT2D eigenvalue weighted by Gasteiger charge is 2.35. The molecule has 0 unspecified atom stereocenters. The van der Waals surface area contributed by atoms with Crippen LogP contribution in [0.5, 0.6) is 0 Å². The Bertz CT molecular complexity index is 391. The number of rotatable bonds is 2. The van der Waals surface area contributed by atoms with Crippen molar-refractivity contribution in [2.45, 2.75) is 51.5 Å². The van der Waals surface area contributed by atoms with E-state index in [0.29, 0.717) is 5.41 Å². The van der Waals surface area contributed by atoms with Crippen LogP contribution >= 0.6 is 15.9 Å². The summed E-state index contributed by atoms with van der Waals surface area (Å²) in [6, 6.07) is 2.13. The molecule has 1 aliphatic rings. The fraction of sp³-hybridized carbons (Fsp3) is 0.643. The molecule has 2 nitrogen and oxygen atoms in total. The van der Waals surface area contributed by atoms with Gasteiger partial charge in [-0.3, -0.25) is 4.98 Å². The third kappa shape index (κ3) is 3.52. The number of nitrogens with zero attached hydrogens (tertiary/aromatic N) is 1. The zero-order valence-electron chi connectivity index (χ0n) is 10.7. The van der Waals surface area contributed by atoms with Crippen molar-refractivity contribution in [2.75, 3.05) is 0 Å². The molecule has 0 atom stereocenters. The fourth-order valence-corrected chi connectivity index (χ4v) is 2.97. The molecule has 0 bridgehead atoms. The maximum Gasteiger partial charge on any atom is 0.0410 e. The van der Waals surface area contributed by atoms with Crippen LogP contribution in [0.3, 0.4) is 0 Å². The molecular formula is C14H21BrN2. The average molecular weight is 297 g/mol. The van der Waals surface area contributed by atoms with E-state index in [-0.39, 0.29) is 5.54 Å². The highest BCUT2D eigenvalue weighted by molar-refractivity contribution is 9.10. The monoisotopic (exact) mass is 296 g/mol. The zero-order valence-corrected chi connectivity index (χ0v) is 12.3. The SMILES string of the molecule is CC1(C)CCC(N)(Cc2cncc(Br)c2)CC1. The minimum Gasteiger partial charge on any atom is -0.325 e.